The number of ether oxygens (including phenoxy) is 2. The molecule has 3 nitrogen and oxygen atoms in total. The Balaban J connectivity index is 1.76. The quantitative estimate of drug-likeness (QED) is 0.754. The number of benzene rings is 2. The fraction of sp³-hybridized carbons (Fsp3) is 0.333. The second-order valence-corrected chi connectivity index (χ2v) is 4.92. The number of aliphatic hydroxyl groups is 1. The summed E-state index contributed by atoms with van der Waals surface area (Å²) in [5.41, 5.74) is 2.12. The lowest BCUT2D eigenvalue weighted by Gasteiger charge is -2.11. The number of hydrogen-bond acceptors (Lipinski definition) is 3. The summed E-state index contributed by atoms with van der Waals surface area (Å²) in [6, 6.07) is 16.0. The van der Waals surface area contributed by atoms with Gasteiger partial charge < -0.3 is 14.6 Å². The highest BCUT2D eigenvalue weighted by atomic mass is 16.5. The van der Waals surface area contributed by atoms with Gasteiger partial charge in [-0.2, -0.15) is 0 Å². The molecule has 112 valence electrons. The Bertz CT molecular complexity index is 537. The molecule has 2 aromatic carbocycles. The minimum absolute atomic E-state index is 0.0451. The van der Waals surface area contributed by atoms with Gasteiger partial charge >= 0.3 is 0 Å². The summed E-state index contributed by atoms with van der Waals surface area (Å²) in [7, 11) is 1.61. The summed E-state index contributed by atoms with van der Waals surface area (Å²) >= 11 is 0. The van der Waals surface area contributed by atoms with Crippen molar-refractivity contribution in [3.63, 3.8) is 0 Å². The van der Waals surface area contributed by atoms with Crippen LogP contribution in [-0.2, 0) is 13.0 Å². The SMILES string of the molecule is COc1ccc(OCCCCc2ccccc2)c(CO)c1. The van der Waals surface area contributed by atoms with E-state index < -0.39 is 0 Å². The van der Waals surface area contributed by atoms with E-state index in [1.54, 1.807) is 13.2 Å². The van der Waals surface area contributed by atoms with Crippen LogP contribution in [0.15, 0.2) is 48.5 Å². The van der Waals surface area contributed by atoms with Crippen LogP contribution in [0.3, 0.4) is 0 Å². The van der Waals surface area contributed by atoms with E-state index in [9.17, 15) is 5.11 Å². The van der Waals surface area contributed by atoms with E-state index in [1.165, 1.54) is 5.56 Å². The van der Waals surface area contributed by atoms with E-state index in [2.05, 4.69) is 24.3 Å². The van der Waals surface area contributed by atoms with Crippen LogP contribution < -0.4 is 9.47 Å². The van der Waals surface area contributed by atoms with Gasteiger partial charge in [-0.15, -0.1) is 0 Å². The zero-order valence-corrected chi connectivity index (χ0v) is 12.4. The Morgan fingerprint density at radius 1 is 1.00 bits per heavy atom. The van der Waals surface area contributed by atoms with Gasteiger partial charge in [-0.1, -0.05) is 30.3 Å². The summed E-state index contributed by atoms with van der Waals surface area (Å²) in [6.45, 7) is 0.614. The van der Waals surface area contributed by atoms with Crippen molar-refractivity contribution in [2.24, 2.45) is 0 Å². The van der Waals surface area contributed by atoms with E-state index in [0.29, 0.717) is 6.61 Å². The maximum atomic E-state index is 9.35. The molecule has 0 aliphatic rings. The lowest BCUT2D eigenvalue weighted by atomic mass is 10.1. The van der Waals surface area contributed by atoms with Crippen molar-refractivity contribution in [2.45, 2.75) is 25.9 Å². The van der Waals surface area contributed by atoms with Crippen LogP contribution in [0.2, 0.25) is 0 Å². The average molecular weight is 286 g/mol. The average Bonchev–Trinajstić information content (AvgIpc) is 2.55. The van der Waals surface area contributed by atoms with Gasteiger partial charge in [0.25, 0.3) is 0 Å². The molecule has 0 atom stereocenters. The van der Waals surface area contributed by atoms with Crippen LogP contribution in [0.5, 0.6) is 11.5 Å². The molecule has 2 aromatic rings. The molecule has 0 aliphatic heterocycles. The Labute approximate surface area is 126 Å². The number of aryl methyl sites for hydroxylation is 1. The molecule has 2 rings (SSSR count). The lowest BCUT2D eigenvalue weighted by molar-refractivity contribution is 0.259. The molecule has 0 spiro atoms. The third kappa shape index (κ3) is 4.80. The van der Waals surface area contributed by atoms with Crippen molar-refractivity contribution in [1.82, 2.24) is 0 Å². The molecule has 21 heavy (non-hydrogen) atoms. The summed E-state index contributed by atoms with van der Waals surface area (Å²) in [5, 5.41) is 9.35. The van der Waals surface area contributed by atoms with E-state index in [1.807, 2.05) is 18.2 Å². The summed E-state index contributed by atoms with van der Waals surface area (Å²) in [5.74, 6) is 1.47. The first-order valence-corrected chi connectivity index (χ1v) is 7.28. The van der Waals surface area contributed by atoms with E-state index >= 15 is 0 Å². The largest absolute Gasteiger partial charge is 0.497 e. The molecule has 0 radical (unpaired) electrons. The molecule has 0 saturated heterocycles. The lowest BCUT2D eigenvalue weighted by Crippen LogP contribution is -2.01. The third-order valence-electron chi connectivity index (χ3n) is 3.40. The molecule has 1 N–H and O–H groups in total. The van der Waals surface area contributed by atoms with Crippen LogP contribution in [0, 0.1) is 0 Å². The minimum Gasteiger partial charge on any atom is -0.497 e. The fourth-order valence-electron chi connectivity index (χ4n) is 2.21. The van der Waals surface area contributed by atoms with Crippen LogP contribution in [0.1, 0.15) is 24.0 Å². The summed E-state index contributed by atoms with van der Waals surface area (Å²) in [4.78, 5) is 0. The number of unbranched alkanes of at least 4 members (excludes halogenated alkanes) is 1. The highest BCUT2D eigenvalue weighted by Crippen LogP contribution is 2.24. The van der Waals surface area contributed by atoms with Gasteiger partial charge in [-0.25, -0.2) is 0 Å². The maximum absolute atomic E-state index is 9.35. The zero-order valence-electron chi connectivity index (χ0n) is 12.4. The molecular formula is C18H22O3. The molecule has 0 unspecified atom stereocenters. The minimum atomic E-state index is -0.0451. The predicted octanol–water partition coefficient (Wildman–Crippen LogP) is 3.59. The van der Waals surface area contributed by atoms with Crippen molar-refractivity contribution in [3.05, 3.63) is 59.7 Å². The Kier molecular flexibility index (Phi) is 6.10. The van der Waals surface area contributed by atoms with E-state index in [0.717, 1.165) is 36.3 Å². The van der Waals surface area contributed by atoms with Crippen molar-refractivity contribution in [2.75, 3.05) is 13.7 Å². The Morgan fingerprint density at radius 2 is 1.81 bits per heavy atom. The topological polar surface area (TPSA) is 38.7 Å². The highest BCUT2D eigenvalue weighted by Gasteiger charge is 2.04. The maximum Gasteiger partial charge on any atom is 0.125 e. The molecular weight excluding hydrogens is 264 g/mol. The molecule has 0 fully saturated rings. The number of hydrogen-bond donors (Lipinski definition) is 1. The van der Waals surface area contributed by atoms with E-state index in [4.69, 9.17) is 9.47 Å². The van der Waals surface area contributed by atoms with Gasteiger partial charge in [0.1, 0.15) is 11.5 Å². The van der Waals surface area contributed by atoms with Crippen LogP contribution in [-0.4, -0.2) is 18.8 Å². The first kappa shape index (κ1) is 15.4. The molecule has 0 saturated carbocycles. The van der Waals surface area contributed by atoms with Crippen LogP contribution in [0.25, 0.3) is 0 Å². The van der Waals surface area contributed by atoms with Crippen molar-refractivity contribution < 1.29 is 14.6 Å². The van der Waals surface area contributed by atoms with Gasteiger partial charge in [-0.3, -0.25) is 0 Å². The standard InChI is InChI=1S/C18H22O3/c1-20-17-10-11-18(16(13-17)14-19)21-12-6-5-9-15-7-3-2-4-8-15/h2-4,7-8,10-11,13,19H,5-6,9,12,14H2,1H3. The Hall–Kier alpha value is -2.00. The molecule has 0 aromatic heterocycles. The van der Waals surface area contributed by atoms with Gasteiger partial charge in [-0.05, 0) is 43.0 Å². The Morgan fingerprint density at radius 3 is 2.52 bits per heavy atom. The number of aliphatic hydroxyl groups excluding tert-OH is 1. The van der Waals surface area contributed by atoms with Crippen molar-refractivity contribution in [3.8, 4) is 11.5 Å². The molecule has 0 heterocycles. The molecule has 3 heteroatoms. The summed E-state index contributed by atoms with van der Waals surface area (Å²) < 4.78 is 10.9. The number of methoxy groups -OCH3 is 1. The van der Waals surface area contributed by atoms with Crippen molar-refractivity contribution in [1.29, 1.82) is 0 Å². The second kappa shape index (κ2) is 8.32. The predicted molar refractivity (Wildman–Crippen MR) is 83.8 cm³/mol. The highest BCUT2D eigenvalue weighted by molar-refractivity contribution is 5.39. The van der Waals surface area contributed by atoms with Crippen LogP contribution in [0.4, 0.5) is 0 Å². The second-order valence-electron chi connectivity index (χ2n) is 4.92. The van der Waals surface area contributed by atoms with Gasteiger partial charge in [0, 0.05) is 5.56 Å². The van der Waals surface area contributed by atoms with Crippen LogP contribution >= 0.6 is 0 Å². The molecule has 0 bridgehead atoms. The fourth-order valence-corrected chi connectivity index (χ4v) is 2.21. The van der Waals surface area contributed by atoms with E-state index in [-0.39, 0.29) is 6.61 Å². The first-order chi connectivity index (χ1) is 10.3. The zero-order chi connectivity index (χ0) is 14.9. The first-order valence-electron chi connectivity index (χ1n) is 7.28. The molecule has 0 amide bonds. The normalized spacial score (nSPS) is 10.4. The summed E-state index contributed by atoms with van der Waals surface area (Å²) in [6.07, 6.45) is 3.15. The molecule has 0 aliphatic carbocycles. The van der Waals surface area contributed by atoms with Crippen molar-refractivity contribution >= 4 is 0 Å². The van der Waals surface area contributed by atoms with Gasteiger partial charge in [0.2, 0.25) is 0 Å². The van der Waals surface area contributed by atoms with Gasteiger partial charge in [0.15, 0.2) is 0 Å². The monoisotopic (exact) mass is 286 g/mol. The number of rotatable bonds is 8. The third-order valence-corrected chi connectivity index (χ3v) is 3.40. The smallest absolute Gasteiger partial charge is 0.125 e. The van der Waals surface area contributed by atoms with Gasteiger partial charge in [0.05, 0.1) is 20.3 Å².